The number of ether oxygens (including phenoxy) is 2. The largest absolute Gasteiger partial charge is 0.466 e. The number of nitrogens with zero attached hydrogens (tertiary/aromatic N) is 4. The minimum Gasteiger partial charge on any atom is -0.466 e. The van der Waals surface area contributed by atoms with Gasteiger partial charge in [0.05, 0.1) is 18.8 Å². The van der Waals surface area contributed by atoms with Gasteiger partial charge < -0.3 is 19.3 Å². The lowest BCUT2D eigenvalue weighted by molar-refractivity contribution is -0.149. The molecule has 7 nitrogen and oxygen atoms in total. The number of carbonyl (C=O) groups is 1. The molecule has 1 atom stereocenters. The second-order valence-corrected chi connectivity index (χ2v) is 6.27. The molecular formula is C17H22N4O3S. The molecule has 1 fully saturated rings. The Morgan fingerprint density at radius 2 is 1.84 bits per heavy atom. The first-order chi connectivity index (χ1) is 12.2. The molecule has 25 heavy (non-hydrogen) atoms. The van der Waals surface area contributed by atoms with Gasteiger partial charge in [-0.1, -0.05) is 25.1 Å². The zero-order valence-electron chi connectivity index (χ0n) is 14.4. The van der Waals surface area contributed by atoms with Crippen molar-refractivity contribution in [2.45, 2.75) is 19.4 Å². The molecule has 0 amide bonds. The van der Waals surface area contributed by atoms with Crippen LogP contribution in [0.2, 0.25) is 0 Å². The lowest BCUT2D eigenvalue weighted by atomic mass is 10.2. The summed E-state index contributed by atoms with van der Waals surface area (Å²) in [5, 5.41) is 0. The Bertz CT molecular complexity index is 686. The van der Waals surface area contributed by atoms with Crippen molar-refractivity contribution >= 4 is 29.2 Å². The summed E-state index contributed by atoms with van der Waals surface area (Å²) in [7, 11) is 1.36. The standard InChI is InChI=1S/C17H22N4O3S/c1-3-14(17(22)23-2)24-16-15(18-25-19-16)21-11-9-20(10-12-21)13-7-5-4-6-8-13/h4-8,14H,3,9-12H2,1-2H3. The van der Waals surface area contributed by atoms with Crippen LogP contribution in [0.3, 0.4) is 0 Å². The normalized spacial score (nSPS) is 15.8. The highest BCUT2D eigenvalue weighted by Crippen LogP contribution is 2.29. The fraction of sp³-hybridized carbons (Fsp3) is 0.471. The summed E-state index contributed by atoms with van der Waals surface area (Å²) >= 11 is 1.10. The van der Waals surface area contributed by atoms with E-state index in [1.807, 2.05) is 13.0 Å². The first kappa shape index (κ1) is 17.5. The van der Waals surface area contributed by atoms with Gasteiger partial charge in [-0.3, -0.25) is 0 Å². The van der Waals surface area contributed by atoms with Gasteiger partial charge in [0.1, 0.15) is 0 Å². The molecule has 134 valence electrons. The zero-order chi connectivity index (χ0) is 17.6. The number of para-hydroxylation sites is 1. The number of anilines is 2. The number of rotatable bonds is 6. The first-order valence-electron chi connectivity index (χ1n) is 8.35. The summed E-state index contributed by atoms with van der Waals surface area (Å²) in [6.07, 6.45) is -0.135. The van der Waals surface area contributed by atoms with E-state index in [-0.39, 0.29) is 0 Å². The van der Waals surface area contributed by atoms with E-state index >= 15 is 0 Å². The Balaban J connectivity index is 1.64. The SMILES string of the molecule is CCC(Oc1nsnc1N1CCN(c2ccccc2)CC1)C(=O)OC. The summed E-state index contributed by atoms with van der Waals surface area (Å²) in [4.78, 5) is 16.2. The highest BCUT2D eigenvalue weighted by molar-refractivity contribution is 6.99. The topological polar surface area (TPSA) is 67.8 Å². The third-order valence-corrected chi connectivity index (χ3v) is 4.73. The first-order valence-corrected chi connectivity index (χ1v) is 9.08. The molecule has 0 saturated carbocycles. The van der Waals surface area contributed by atoms with Gasteiger partial charge in [-0.2, -0.15) is 4.37 Å². The fourth-order valence-electron chi connectivity index (χ4n) is 2.82. The maximum absolute atomic E-state index is 11.7. The van der Waals surface area contributed by atoms with Gasteiger partial charge in [0, 0.05) is 31.9 Å². The van der Waals surface area contributed by atoms with Crippen LogP contribution >= 0.6 is 11.7 Å². The van der Waals surface area contributed by atoms with Crippen molar-refractivity contribution in [3.8, 4) is 5.88 Å². The smallest absolute Gasteiger partial charge is 0.347 e. The number of hydrogen-bond donors (Lipinski definition) is 0. The van der Waals surface area contributed by atoms with Crippen molar-refractivity contribution in [2.24, 2.45) is 0 Å². The van der Waals surface area contributed by atoms with Crippen molar-refractivity contribution in [3.05, 3.63) is 30.3 Å². The second kappa shape index (κ2) is 8.15. The van der Waals surface area contributed by atoms with Gasteiger partial charge >= 0.3 is 5.97 Å². The summed E-state index contributed by atoms with van der Waals surface area (Å²) in [6.45, 7) is 5.32. The van der Waals surface area contributed by atoms with Gasteiger partial charge in [0.25, 0.3) is 5.88 Å². The van der Waals surface area contributed by atoms with E-state index in [0.717, 1.165) is 37.9 Å². The lowest BCUT2D eigenvalue weighted by Gasteiger charge is -2.36. The molecule has 1 aromatic carbocycles. The Morgan fingerprint density at radius 1 is 1.16 bits per heavy atom. The molecule has 2 heterocycles. The van der Waals surface area contributed by atoms with Crippen LogP contribution in [-0.2, 0) is 9.53 Å². The molecule has 0 radical (unpaired) electrons. The van der Waals surface area contributed by atoms with E-state index < -0.39 is 12.1 Å². The van der Waals surface area contributed by atoms with E-state index in [1.165, 1.54) is 12.8 Å². The molecule has 1 unspecified atom stereocenters. The molecule has 1 aliphatic heterocycles. The van der Waals surface area contributed by atoms with Crippen molar-refractivity contribution < 1.29 is 14.3 Å². The van der Waals surface area contributed by atoms with Crippen LogP contribution in [-0.4, -0.2) is 54.1 Å². The van der Waals surface area contributed by atoms with Gasteiger partial charge in [0.2, 0.25) is 5.82 Å². The average molecular weight is 362 g/mol. The molecule has 3 rings (SSSR count). The van der Waals surface area contributed by atoms with E-state index in [9.17, 15) is 4.79 Å². The quantitative estimate of drug-likeness (QED) is 0.730. The molecule has 1 aliphatic rings. The Kier molecular flexibility index (Phi) is 5.70. The summed E-state index contributed by atoms with van der Waals surface area (Å²) in [6, 6.07) is 10.4. The number of benzene rings is 1. The number of esters is 1. The highest BCUT2D eigenvalue weighted by Gasteiger charge is 2.27. The van der Waals surface area contributed by atoms with Crippen LogP contribution in [0.5, 0.6) is 5.88 Å². The monoisotopic (exact) mass is 362 g/mol. The van der Waals surface area contributed by atoms with Crippen LogP contribution in [0.15, 0.2) is 30.3 Å². The Hall–Kier alpha value is -2.35. The molecule has 0 aliphatic carbocycles. The van der Waals surface area contributed by atoms with Crippen molar-refractivity contribution in [3.63, 3.8) is 0 Å². The Labute approximate surface area is 151 Å². The fourth-order valence-corrected chi connectivity index (χ4v) is 3.33. The number of methoxy groups -OCH3 is 1. The molecule has 0 spiro atoms. The molecule has 8 heteroatoms. The highest BCUT2D eigenvalue weighted by atomic mass is 32.1. The van der Waals surface area contributed by atoms with Gasteiger partial charge in [-0.25, -0.2) is 4.79 Å². The maximum atomic E-state index is 11.7. The second-order valence-electron chi connectivity index (χ2n) is 5.74. The molecular weight excluding hydrogens is 340 g/mol. The van der Waals surface area contributed by atoms with Crippen LogP contribution in [0.4, 0.5) is 11.5 Å². The minimum atomic E-state index is -0.654. The van der Waals surface area contributed by atoms with Crippen molar-refractivity contribution in [2.75, 3.05) is 43.1 Å². The summed E-state index contributed by atoms with van der Waals surface area (Å²) < 4.78 is 19.1. The zero-order valence-corrected chi connectivity index (χ0v) is 15.2. The number of piperazine rings is 1. The third-order valence-electron chi connectivity index (χ3n) is 4.23. The maximum Gasteiger partial charge on any atom is 0.347 e. The molecule has 2 aromatic rings. The third kappa shape index (κ3) is 4.01. The molecule has 1 aromatic heterocycles. The van der Waals surface area contributed by atoms with Crippen LogP contribution in [0.1, 0.15) is 13.3 Å². The van der Waals surface area contributed by atoms with Gasteiger partial charge in [-0.05, 0) is 18.6 Å². The summed E-state index contributed by atoms with van der Waals surface area (Å²) in [5.74, 6) is 0.728. The van der Waals surface area contributed by atoms with E-state index in [0.29, 0.717) is 18.1 Å². The predicted molar refractivity (Wildman–Crippen MR) is 97.5 cm³/mol. The molecule has 0 N–H and O–H groups in total. The number of aromatic nitrogens is 2. The van der Waals surface area contributed by atoms with Crippen LogP contribution < -0.4 is 14.5 Å². The van der Waals surface area contributed by atoms with Gasteiger partial charge in [0.15, 0.2) is 6.10 Å². The number of hydrogen-bond acceptors (Lipinski definition) is 8. The van der Waals surface area contributed by atoms with E-state index in [2.05, 4.69) is 42.8 Å². The number of carbonyl (C=O) groups excluding carboxylic acids is 1. The average Bonchev–Trinajstić information content (AvgIpc) is 3.14. The van der Waals surface area contributed by atoms with Gasteiger partial charge in [-0.15, -0.1) is 4.37 Å². The molecule has 1 saturated heterocycles. The Morgan fingerprint density at radius 3 is 2.48 bits per heavy atom. The van der Waals surface area contributed by atoms with E-state index in [4.69, 9.17) is 9.47 Å². The van der Waals surface area contributed by atoms with Crippen molar-refractivity contribution in [1.82, 2.24) is 8.75 Å². The van der Waals surface area contributed by atoms with Crippen LogP contribution in [0, 0.1) is 0 Å². The molecule has 0 bridgehead atoms. The van der Waals surface area contributed by atoms with Crippen LogP contribution in [0.25, 0.3) is 0 Å². The lowest BCUT2D eigenvalue weighted by Crippen LogP contribution is -2.46. The van der Waals surface area contributed by atoms with E-state index in [1.54, 1.807) is 0 Å². The summed E-state index contributed by atoms with van der Waals surface area (Å²) in [5.41, 5.74) is 1.23. The van der Waals surface area contributed by atoms with Crippen molar-refractivity contribution in [1.29, 1.82) is 0 Å². The minimum absolute atomic E-state index is 0.393. The predicted octanol–water partition coefficient (Wildman–Crippen LogP) is 2.20.